The van der Waals surface area contributed by atoms with Crippen LogP contribution in [0.1, 0.15) is 19.3 Å². The summed E-state index contributed by atoms with van der Waals surface area (Å²) in [5.74, 6) is -0.202. The number of aliphatic hydroxyl groups is 1. The number of carbonyl (C=O) groups is 1. The molecule has 74 valence electrons. The van der Waals surface area contributed by atoms with Gasteiger partial charge in [-0.15, -0.1) is 6.58 Å². The van der Waals surface area contributed by atoms with Gasteiger partial charge >= 0.3 is 0 Å². The van der Waals surface area contributed by atoms with Crippen LogP contribution in [-0.4, -0.2) is 29.2 Å². The quantitative estimate of drug-likeness (QED) is 0.506. The highest BCUT2D eigenvalue weighted by Crippen LogP contribution is 2.34. The Morgan fingerprint density at radius 3 is 2.77 bits per heavy atom. The molecule has 0 aliphatic heterocycles. The molecule has 1 fully saturated rings. The number of amides is 1. The Labute approximate surface area is 77.8 Å². The van der Waals surface area contributed by atoms with Crippen molar-refractivity contribution in [1.29, 1.82) is 0 Å². The standard InChI is InChI=1S/C9H16N2O2/c1-2-3-7(10)8(13)11-9(6-12)4-5-9/h2,7,12H,1,3-6,10H2,(H,11,13). The van der Waals surface area contributed by atoms with Crippen LogP contribution >= 0.6 is 0 Å². The van der Waals surface area contributed by atoms with Crippen LogP contribution in [0.2, 0.25) is 0 Å². The fraction of sp³-hybridized carbons (Fsp3) is 0.667. The molecule has 0 aromatic carbocycles. The summed E-state index contributed by atoms with van der Waals surface area (Å²) < 4.78 is 0. The van der Waals surface area contributed by atoms with Gasteiger partial charge in [-0.3, -0.25) is 4.79 Å². The molecule has 1 atom stereocenters. The van der Waals surface area contributed by atoms with E-state index in [0.717, 1.165) is 12.8 Å². The fourth-order valence-corrected chi connectivity index (χ4v) is 1.11. The summed E-state index contributed by atoms with van der Waals surface area (Å²) in [5, 5.41) is 11.7. The summed E-state index contributed by atoms with van der Waals surface area (Å²) in [4.78, 5) is 11.4. The number of carbonyl (C=O) groups excluding carboxylic acids is 1. The van der Waals surface area contributed by atoms with Crippen molar-refractivity contribution in [3.63, 3.8) is 0 Å². The van der Waals surface area contributed by atoms with Crippen molar-refractivity contribution in [2.45, 2.75) is 30.8 Å². The van der Waals surface area contributed by atoms with E-state index >= 15 is 0 Å². The molecular formula is C9H16N2O2. The molecule has 0 bridgehead atoms. The van der Waals surface area contributed by atoms with Gasteiger partial charge in [0.2, 0.25) is 5.91 Å². The van der Waals surface area contributed by atoms with E-state index in [-0.39, 0.29) is 18.1 Å². The van der Waals surface area contributed by atoms with Gasteiger partial charge in [0.25, 0.3) is 0 Å². The minimum Gasteiger partial charge on any atom is -0.394 e. The largest absolute Gasteiger partial charge is 0.394 e. The summed E-state index contributed by atoms with van der Waals surface area (Å²) in [7, 11) is 0. The van der Waals surface area contributed by atoms with E-state index in [4.69, 9.17) is 10.8 Å². The van der Waals surface area contributed by atoms with Crippen molar-refractivity contribution in [1.82, 2.24) is 5.32 Å². The number of hydrogen-bond donors (Lipinski definition) is 3. The predicted octanol–water partition coefficient (Wildman–Crippen LogP) is -0.469. The van der Waals surface area contributed by atoms with Gasteiger partial charge in [-0.25, -0.2) is 0 Å². The molecule has 1 amide bonds. The smallest absolute Gasteiger partial charge is 0.237 e. The number of aliphatic hydroxyl groups excluding tert-OH is 1. The minimum absolute atomic E-state index is 0.000447. The number of rotatable bonds is 5. The lowest BCUT2D eigenvalue weighted by Crippen LogP contribution is -2.47. The van der Waals surface area contributed by atoms with Crippen molar-refractivity contribution >= 4 is 5.91 Å². The normalized spacial score (nSPS) is 20.5. The first-order valence-electron chi connectivity index (χ1n) is 4.43. The average molecular weight is 184 g/mol. The van der Waals surface area contributed by atoms with Crippen LogP contribution < -0.4 is 11.1 Å². The van der Waals surface area contributed by atoms with Crippen LogP contribution in [0.5, 0.6) is 0 Å². The molecule has 0 aromatic rings. The lowest BCUT2D eigenvalue weighted by atomic mass is 10.2. The lowest BCUT2D eigenvalue weighted by molar-refractivity contribution is -0.123. The second kappa shape index (κ2) is 3.89. The van der Waals surface area contributed by atoms with Gasteiger partial charge in [0, 0.05) is 0 Å². The molecule has 0 heterocycles. The van der Waals surface area contributed by atoms with E-state index in [1.807, 2.05) is 0 Å². The van der Waals surface area contributed by atoms with Crippen molar-refractivity contribution in [3.8, 4) is 0 Å². The summed E-state index contributed by atoms with van der Waals surface area (Å²) in [6, 6.07) is -0.540. The van der Waals surface area contributed by atoms with Gasteiger partial charge in [0.15, 0.2) is 0 Å². The Balaban J connectivity index is 2.36. The van der Waals surface area contributed by atoms with Gasteiger partial charge in [-0.1, -0.05) is 6.08 Å². The molecule has 1 rings (SSSR count). The van der Waals surface area contributed by atoms with Crippen LogP contribution in [0, 0.1) is 0 Å². The molecule has 4 heteroatoms. The first kappa shape index (κ1) is 10.2. The summed E-state index contributed by atoms with van der Waals surface area (Å²) in [6.07, 6.45) is 3.77. The molecule has 4 N–H and O–H groups in total. The van der Waals surface area contributed by atoms with Crippen LogP contribution in [0.25, 0.3) is 0 Å². The van der Waals surface area contributed by atoms with Crippen LogP contribution in [0.3, 0.4) is 0 Å². The molecular weight excluding hydrogens is 168 g/mol. The Morgan fingerprint density at radius 2 is 2.38 bits per heavy atom. The van der Waals surface area contributed by atoms with Crippen LogP contribution in [0.15, 0.2) is 12.7 Å². The van der Waals surface area contributed by atoms with Gasteiger partial charge in [-0.2, -0.15) is 0 Å². The van der Waals surface area contributed by atoms with Gasteiger partial charge in [-0.05, 0) is 19.3 Å². The van der Waals surface area contributed by atoms with E-state index < -0.39 is 6.04 Å². The summed E-state index contributed by atoms with van der Waals surface area (Å²) in [6.45, 7) is 3.51. The third kappa shape index (κ3) is 2.54. The van der Waals surface area contributed by atoms with E-state index in [0.29, 0.717) is 6.42 Å². The second-order valence-electron chi connectivity index (χ2n) is 3.56. The first-order chi connectivity index (χ1) is 6.13. The van der Waals surface area contributed by atoms with Gasteiger partial charge in [0.05, 0.1) is 18.2 Å². The zero-order valence-electron chi connectivity index (χ0n) is 7.62. The molecule has 0 radical (unpaired) electrons. The molecule has 0 saturated heterocycles. The Hall–Kier alpha value is -0.870. The third-order valence-corrected chi connectivity index (χ3v) is 2.30. The number of nitrogens with one attached hydrogen (secondary N) is 1. The number of hydrogen-bond acceptors (Lipinski definition) is 3. The molecule has 1 saturated carbocycles. The number of nitrogens with two attached hydrogens (primary N) is 1. The minimum atomic E-state index is -0.540. The van der Waals surface area contributed by atoms with Gasteiger partial charge in [0.1, 0.15) is 0 Å². The highest BCUT2D eigenvalue weighted by atomic mass is 16.3. The van der Waals surface area contributed by atoms with E-state index in [2.05, 4.69) is 11.9 Å². The monoisotopic (exact) mass is 184 g/mol. The second-order valence-corrected chi connectivity index (χ2v) is 3.56. The third-order valence-electron chi connectivity index (χ3n) is 2.30. The maximum Gasteiger partial charge on any atom is 0.237 e. The Bertz CT molecular complexity index is 212. The molecule has 1 aliphatic carbocycles. The summed E-state index contributed by atoms with van der Waals surface area (Å²) in [5.41, 5.74) is 5.19. The molecule has 0 spiro atoms. The zero-order chi connectivity index (χ0) is 9.90. The van der Waals surface area contributed by atoms with Crippen LogP contribution in [-0.2, 0) is 4.79 Å². The van der Waals surface area contributed by atoms with Gasteiger partial charge < -0.3 is 16.2 Å². The SMILES string of the molecule is C=CCC(N)C(=O)NC1(CO)CC1. The maximum atomic E-state index is 11.4. The van der Waals surface area contributed by atoms with E-state index in [1.165, 1.54) is 0 Å². The van der Waals surface area contributed by atoms with Crippen molar-refractivity contribution in [3.05, 3.63) is 12.7 Å². The Morgan fingerprint density at radius 1 is 1.77 bits per heavy atom. The predicted molar refractivity (Wildman–Crippen MR) is 50.0 cm³/mol. The summed E-state index contributed by atoms with van der Waals surface area (Å²) >= 11 is 0. The van der Waals surface area contributed by atoms with Crippen molar-refractivity contribution < 1.29 is 9.90 Å². The van der Waals surface area contributed by atoms with Crippen molar-refractivity contribution in [2.24, 2.45) is 5.73 Å². The highest BCUT2D eigenvalue weighted by molar-refractivity contribution is 5.82. The van der Waals surface area contributed by atoms with E-state index in [9.17, 15) is 4.79 Å². The molecule has 4 nitrogen and oxygen atoms in total. The highest BCUT2D eigenvalue weighted by Gasteiger charge is 2.43. The molecule has 1 aliphatic rings. The average Bonchev–Trinajstić information content (AvgIpc) is 2.86. The molecule has 1 unspecified atom stereocenters. The molecule has 0 aromatic heterocycles. The fourth-order valence-electron chi connectivity index (χ4n) is 1.11. The Kier molecular flexibility index (Phi) is 3.06. The zero-order valence-corrected chi connectivity index (χ0v) is 7.62. The van der Waals surface area contributed by atoms with Crippen LogP contribution in [0.4, 0.5) is 0 Å². The van der Waals surface area contributed by atoms with E-state index in [1.54, 1.807) is 6.08 Å². The van der Waals surface area contributed by atoms with Crippen molar-refractivity contribution in [2.75, 3.05) is 6.61 Å². The first-order valence-corrected chi connectivity index (χ1v) is 4.43. The molecule has 13 heavy (non-hydrogen) atoms. The lowest BCUT2D eigenvalue weighted by Gasteiger charge is -2.17. The topological polar surface area (TPSA) is 75.4 Å². The maximum absolute atomic E-state index is 11.4.